The van der Waals surface area contributed by atoms with E-state index in [1.807, 2.05) is 6.92 Å². The molecule has 2 aliphatic rings. The van der Waals surface area contributed by atoms with Crippen molar-refractivity contribution in [2.24, 2.45) is 0 Å². The zero-order valence-electron chi connectivity index (χ0n) is 18.4. The fourth-order valence-electron chi connectivity index (χ4n) is 4.22. The molecule has 2 fully saturated rings. The minimum atomic E-state index is -3.81. The first-order valence-electron chi connectivity index (χ1n) is 10.7. The second kappa shape index (κ2) is 7.93. The van der Waals surface area contributed by atoms with Crippen LogP contribution in [0.15, 0.2) is 23.4 Å². The Morgan fingerprint density at radius 1 is 1.24 bits per heavy atom. The fraction of sp³-hybridized carbons (Fsp3) is 0.550. The molecule has 9 nitrogen and oxygen atoms in total. The number of piperazine rings is 1. The van der Waals surface area contributed by atoms with Crippen molar-refractivity contribution in [3.05, 3.63) is 23.5 Å². The Morgan fingerprint density at radius 3 is 2.55 bits per heavy atom. The maximum Gasteiger partial charge on any atom is 0.291 e. The standard InChI is InChI=1S/C20H25F2N7O2S2/c1-11-8-28(9-12(2)24-11)14-6-13(33(30,31)27-20(3)4-5-20)10-29-15(14)7-23-17(29)19-26-25-18(32-19)16(21)22/h6-7,10-12,16,24,27H,4-5,8-9H2,1-3H3/t11-,12-/m1/s1. The van der Waals surface area contributed by atoms with Gasteiger partial charge in [-0.15, -0.1) is 10.2 Å². The number of imidazole rings is 1. The lowest BCUT2D eigenvalue weighted by molar-refractivity contribution is 0.150. The summed E-state index contributed by atoms with van der Waals surface area (Å²) in [6.45, 7) is 7.39. The fourth-order valence-corrected chi connectivity index (χ4v) is 6.40. The third-order valence-electron chi connectivity index (χ3n) is 6.00. The Kier molecular flexibility index (Phi) is 5.42. The zero-order valence-corrected chi connectivity index (χ0v) is 20.1. The van der Waals surface area contributed by atoms with E-state index < -0.39 is 27.0 Å². The number of nitrogens with zero attached hydrogens (tertiary/aromatic N) is 5. The van der Waals surface area contributed by atoms with Crippen molar-refractivity contribution in [2.75, 3.05) is 18.0 Å². The molecule has 1 aliphatic carbocycles. The SMILES string of the molecule is C[C@@H]1CN(c2cc(S(=O)(=O)NC3(C)CC3)cn3c(-c4nnc(C(F)F)s4)ncc23)C[C@@H](C)N1. The molecule has 0 bridgehead atoms. The molecule has 1 aliphatic heterocycles. The van der Waals surface area contributed by atoms with Crippen LogP contribution in [0, 0.1) is 0 Å². The molecule has 3 aromatic rings. The van der Waals surface area contributed by atoms with E-state index in [0.717, 1.165) is 29.9 Å². The van der Waals surface area contributed by atoms with Crippen molar-refractivity contribution in [3.8, 4) is 10.8 Å². The number of hydrogen-bond donors (Lipinski definition) is 2. The summed E-state index contributed by atoms with van der Waals surface area (Å²) in [4.78, 5) is 6.64. The molecule has 5 rings (SSSR count). The van der Waals surface area contributed by atoms with E-state index in [1.54, 1.807) is 16.7 Å². The molecule has 0 amide bonds. The predicted octanol–water partition coefficient (Wildman–Crippen LogP) is 2.81. The maximum absolute atomic E-state index is 13.3. The van der Waals surface area contributed by atoms with Gasteiger partial charge in [-0.3, -0.25) is 4.40 Å². The molecule has 3 aromatic heterocycles. The molecule has 1 saturated heterocycles. The monoisotopic (exact) mass is 497 g/mol. The van der Waals surface area contributed by atoms with Crippen LogP contribution in [-0.4, -0.2) is 58.7 Å². The van der Waals surface area contributed by atoms with E-state index in [-0.39, 0.29) is 27.8 Å². The van der Waals surface area contributed by atoms with Crippen LogP contribution in [0.2, 0.25) is 0 Å². The smallest absolute Gasteiger partial charge is 0.291 e. The van der Waals surface area contributed by atoms with E-state index in [9.17, 15) is 17.2 Å². The molecule has 1 saturated carbocycles. The van der Waals surface area contributed by atoms with E-state index in [4.69, 9.17) is 0 Å². The van der Waals surface area contributed by atoms with Gasteiger partial charge in [-0.25, -0.2) is 26.9 Å². The average molecular weight is 498 g/mol. The Balaban J connectivity index is 1.67. The summed E-state index contributed by atoms with van der Waals surface area (Å²) in [5.41, 5.74) is 0.961. The van der Waals surface area contributed by atoms with Gasteiger partial charge in [-0.1, -0.05) is 11.3 Å². The Hall–Kier alpha value is -2.22. The summed E-state index contributed by atoms with van der Waals surface area (Å²) < 4.78 is 57.1. The van der Waals surface area contributed by atoms with E-state index in [0.29, 0.717) is 18.6 Å². The highest BCUT2D eigenvalue weighted by molar-refractivity contribution is 7.89. The maximum atomic E-state index is 13.3. The van der Waals surface area contributed by atoms with Crippen LogP contribution in [0.25, 0.3) is 16.3 Å². The largest absolute Gasteiger partial charge is 0.367 e. The second-order valence-corrected chi connectivity index (χ2v) is 11.9. The Labute approximate surface area is 194 Å². The summed E-state index contributed by atoms with van der Waals surface area (Å²) in [6.07, 6.45) is 1.93. The molecular weight excluding hydrogens is 472 g/mol. The molecule has 0 unspecified atom stereocenters. The Morgan fingerprint density at radius 2 is 1.94 bits per heavy atom. The van der Waals surface area contributed by atoms with E-state index >= 15 is 0 Å². The number of rotatable bonds is 6. The molecule has 13 heteroatoms. The van der Waals surface area contributed by atoms with Crippen LogP contribution in [0.5, 0.6) is 0 Å². The lowest BCUT2D eigenvalue weighted by Crippen LogP contribution is -2.54. The zero-order chi connectivity index (χ0) is 23.5. The molecule has 33 heavy (non-hydrogen) atoms. The lowest BCUT2D eigenvalue weighted by atomic mass is 10.1. The topological polar surface area (TPSA) is 105 Å². The molecule has 0 spiro atoms. The number of hydrogen-bond acceptors (Lipinski definition) is 8. The van der Waals surface area contributed by atoms with E-state index in [2.05, 4.69) is 44.0 Å². The summed E-state index contributed by atoms with van der Waals surface area (Å²) in [5, 5.41) is 10.7. The van der Waals surface area contributed by atoms with Gasteiger partial charge in [0, 0.05) is 36.9 Å². The van der Waals surface area contributed by atoms with Crippen LogP contribution < -0.4 is 14.9 Å². The van der Waals surface area contributed by atoms with Gasteiger partial charge in [0.1, 0.15) is 4.90 Å². The minimum absolute atomic E-state index is 0.0924. The summed E-state index contributed by atoms with van der Waals surface area (Å²) in [6, 6.07) is 2.08. The van der Waals surface area contributed by atoms with Gasteiger partial charge in [0.15, 0.2) is 15.8 Å². The first-order chi connectivity index (χ1) is 15.5. The number of nitrogens with one attached hydrogen (secondary N) is 2. The van der Waals surface area contributed by atoms with Crippen molar-refractivity contribution in [1.29, 1.82) is 0 Å². The quantitative estimate of drug-likeness (QED) is 0.540. The van der Waals surface area contributed by atoms with Gasteiger partial charge in [0.25, 0.3) is 6.43 Å². The number of aromatic nitrogens is 4. The normalized spacial score (nSPS) is 22.9. The van der Waals surface area contributed by atoms with Gasteiger partial charge < -0.3 is 10.2 Å². The molecule has 2 N–H and O–H groups in total. The third kappa shape index (κ3) is 4.34. The highest BCUT2D eigenvalue weighted by Crippen LogP contribution is 2.37. The van der Waals surface area contributed by atoms with Crippen molar-refractivity contribution in [3.63, 3.8) is 0 Å². The van der Waals surface area contributed by atoms with Crippen LogP contribution in [0.1, 0.15) is 45.0 Å². The molecule has 4 heterocycles. The van der Waals surface area contributed by atoms with Gasteiger partial charge in [0.05, 0.1) is 17.4 Å². The van der Waals surface area contributed by atoms with Gasteiger partial charge >= 0.3 is 0 Å². The lowest BCUT2D eigenvalue weighted by Gasteiger charge is -2.38. The average Bonchev–Trinajstić information content (AvgIpc) is 3.14. The van der Waals surface area contributed by atoms with Crippen molar-refractivity contribution < 1.29 is 17.2 Å². The summed E-state index contributed by atoms with van der Waals surface area (Å²) in [7, 11) is -3.81. The van der Waals surface area contributed by atoms with Crippen molar-refractivity contribution >= 4 is 32.6 Å². The Bertz CT molecular complexity index is 1290. The molecule has 0 aromatic carbocycles. The van der Waals surface area contributed by atoms with Crippen LogP contribution in [0.3, 0.4) is 0 Å². The number of sulfonamides is 1. The first kappa shape index (κ1) is 22.6. The van der Waals surface area contributed by atoms with Crippen LogP contribution >= 0.6 is 11.3 Å². The minimum Gasteiger partial charge on any atom is -0.367 e. The number of fused-ring (bicyclic) bond motifs is 1. The number of pyridine rings is 1. The molecule has 2 atom stereocenters. The first-order valence-corrected chi connectivity index (χ1v) is 13.0. The third-order valence-corrected chi connectivity index (χ3v) is 8.53. The highest BCUT2D eigenvalue weighted by atomic mass is 32.2. The molecule has 178 valence electrons. The predicted molar refractivity (Wildman–Crippen MR) is 121 cm³/mol. The highest BCUT2D eigenvalue weighted by Gasteiger charge is 2.41. The number of halogens is 2. The van der Waals surface area contributed by atoms with Gasteiger partial charge in [-0.05, 0) is 39.7 Å². The molecule has 0 radical (unpaired) electrons. The van der Waals surface area contributed by atoms with Gasteiger partial charge in [0.2, 0.25) is 10.0 Å². The summed E-state index contributed by atoms with van der Waals surface area (Å²) >= 11 is 0.745. The number of alkyl halides is 2. The van der Waals surface area contributed by atoms with Crippen molar-refractivity contribution in [1.82, 2.24) is 29.6 Å². The second-order valence-electron chi connectivity index (χ2n) is 9.18. The van der Waals surface area contributed by atoms with Crippen LogP contribution in [-0.2, 0) is 10.0 Å². The van der Waals surface area contributed by atoms with E-state index in [1.165, 1.54) is 6.20 Å². The van der Waals surface area contributed by atoms with Crippen molar-refractivity contribution in [2.45, 2.75) is 62.6 Å². The van der Waals surface area contributed by atoms with Crippen LogP contribution in [0.4, 0.5) is 14.5 Å². The summed E-state index contributed by atoms with van der Waals surface area (Å²) in [5.74, 6) is 0.279. The molecular formula is C20H25F2N7O2S2. The number of anilines is 1. The van der Waals surface area contributed by atoms with Gasteiger partial charge in [-0.2, -0.15) is 0 Å².